The van der Waals surface area contributed by atoms with Crippen LogP contribution in [-0.2, 0) is 0 Å². The zero-order valence-corrected chi connectivity index (χ0v) is 9.99. The molecule has 16 heavy (non-hydrogen) atoms. The van der Waals surface area contributed by atoms with E-state index in [0.717, 1.165) is 5.56 Å². The van der Waals surface area contributed by atoms with E-state index < -0.39 is 6.10 Å². The Kier molecular flexibility index (Phi) is 3.36. The molecule has 1 unspecified atom stereocenters. The van der Waals surface area contributed by atoms with E-state index in [1.807, 2.05) is 30.3 Å². The van der Waals surface area contributed by atoms with Crippen molar-refractivity contribution in [3.8, 4) is 0 Å². The molecule has 3 heteroatoms. The summed E-state index contributed by atoms with van der Waals surface area (Å²) in [6.07, 6.45) is -0.814. The minimum atomic E-state index is -0.814. The van der Waals surface area contributed by atoms with Crippen LogP contribution in [0.3, 0.4) is 0 Å². The van der Waals surface area contributed by atoms with Crippen molar-refractivity contribution in [3.05, 3.63) is 69.9 Å². The third-order valence-corrected chi connectivity index (χ3v) is 3.09. The maximum atomic E-state index is 13.1. The van der Waals surface area contributed by atoms with E-state index in [4.69, 9.17) is 0 Å². The quantitative estimate of drug-likeness (QED) is 0.890. The van der Waals surface area contributed by atoms with Gasteiger partial charge in [0.25, 0.3) is 0 Å². The van der Waals surface area contributed by atoms with Crippen molar-refractivity contribution in [3.63, 3.8) is 0 Å². The fourth-order valence-corrected chi connectivity index (χ4v) is 2.00. The van der Waals surface area contributed by atoms with Crippen LogP contribution in [0, 0.1) is 5.82 Å². The van der Waals surface area contributed by atoms with Gasteiger partial charge in [-0.15, -0.1) is 0 Å². The van der Waals surface area contributed by atoms with E-state index >= 15 is 0 Å². The first kappa shape index (κ1) is 11.3. The van der Waals surface area contributed by atoms with Gasteiger partial charge in [-0.25, -0.2) is 4.39 Å². The van der Waals surface area contributed by atoms with E-state index in [9.17, 15) is 9.50 Å². The van der Waals surface area contributed by atoms with E-state index in [-0.39, 0.29) is 5.82 Å². The Morgan fingerprint density at radius 2 is 1.75 bits per heavy atom. The minimum absolute atomic E-state index is 0.354. The van der Waals surface area contributed by atoms with Crippen LogP contribution < -0.4 is 0 Å². The second-order valence-electron chi connectivity index (χ2n) is 3.48. The molecule has 0 saturated heterocycles. The van der Waals surface area contributed by atoms with Crippen molar-refractivity contribution in [2.75, 3.05) is 0 Å². The lowest BCUT2D eigenvalue weighted by Gasteiger charge is -2.13. The number of benzene rings is 2. The fourth-order valence-electron chi connectivity index (χ4n) is 1.54. The molecule has 0 aliphatic rings. The molecule has 0 aliphatic carbocycles. The largest absolute Gasteiger partial charge is 0.384 e. The molecule has 0 radical (unpaired) electrons. The monoisotopic (exact) mass is 280 g/mol. The lowest BCUT2D eigenvalue weighted by molar-refractivity contribution is 0.219. The number of aliphatic hydroxyl groups is 1. The van der Waals surface area contributed by atoms with Gasteiger partial charge in [-0.05, 0) is 23.8 Å². The average Bonchev–Trinajstić information content (AvgIpc) is 2.32. The van der Waals surface area contributed by atoms with Crippen molar-refractivity contribution in [2.45, 2.75) is 6.10 Å². The zero-order chi connectivity index (χ0) is 11.5. The Balaban J connectivity index is 2.41. The summed E-state index contributed by atoms with van der Waals surface area (Å²) in [4.78, 5) is 0. The van der Waals surface area contributed by atoms with E-state index in [2.05, 4.69) is 15.9 Å². The summed E-state index contributed by atoms with van der Waals surface area (Å²) in [6, 6.07) is 13.4. The highest BCUT2D eigenvalue weighted by Gasteiger charge is 2.13. The second-order valence-corrected chi connectivity index (χ2v) is 4.33. The lowest BCUT2D eigenvalue weighted by Crippen LogP contribution is -2.00. The Morgan fingerprint density at radius 1 is 1.06 bits per heavy atom. The van der Waals surface area contributed by atoms with Gasteiger partial charge >= 0.3 is 0 Å². The van der Waals surface area contributed by atoms with Crippen molar-refractivity contribution in [1.82, 2.24) is 0 Å². The maximum absolute atomic E-state index is 13.1. The SMILES string of the molecule is OC(c1ccccc1)c1cc(F)ccc1Br. The normalized spacial score (nSPS) is 12.4. The van der Waals surface area contributed by atoms with Crippen LogP contribution in [0.15, 0.2) is 53.0 Å². The number of aliphatic hydroxyl groups excluding tert-OH is 1. The summed E-state index contributed by atoms with van der Waals surface area (Å²) in [5, 5.41) is 10.1. The van der Waals surface area contributed by atoms with Gasteiger partial charge in [0.05, 0.1) is 0 Å². The third kappa shape index (κ3) is 2.31. The molecule has 0 bridgehead atoms. The average molecular weight is 281 g/mol. The predicted molar refractivity (Wildman–Crippen MR) is 64.6 cm³/mol. The molecule has 1 atom stereocenters. The van der Waals surface area contributed by atoms with Crippen LogP contribution in [0.25, 0.3) is 0 Å². The van der Waals surface area contributed by atoms with Crippen molar-refractivity contribution in [2.24, 2.45) is 0 Å². The molecule has 0 fully saturated rings. The molecule has 0 saturated carbocycles. The first-order valence-electron chi connectivity index (χ1n) is 4.86. The summed E-state index contributed by atoms with van der Waals surface area (Å²) in [5.74, 6) is -0.354. The van der Waals surface area contributed by atoms with Crippen LogP contribution in [0.5, 0.6) is 0 Å². The Hall–Kier alpha value is -1.19. The number of hydrogen-bond donors (Lipinski definition) is 1. The zero-order valence-electron chi connectivity index (χ0n) is 8.40. The minimum Gasteiger partial charge on any atom is -0.384 e. The van der Waals surface area contributed by atoms with Crippen molar-refractivity contribution < 1.29 is 9.50 Å². The summed E-state index contributed by atoms with van der Waals surface area (Å²) < 4.78 is 13.8. The van der Waals surface area contributed by atoms with E-state index in [1.54, 1.807) is 6.07 Å². The van der Waals surface area contributed by atoms with Gasteiger partial charge in [0.2, 0.25) is 0 Å². The van der Waals surface area contributed by atoms with Crippen LogP contribution in [0.1, 0.15) is 17.2 Å². The number of hydrogen-bond acceptors (Lipinski definition) is 1. The van der Waals surface area contributed by atoms with Gasteiger partial charge < -0.3 is 5.11 Å². The summed E-state index contributed by atoms with van der Waals surface area (Å²) in [5.41, 5.74) is 1.28. The lowest BCUT2D eigenvalue weighted by atomic mass is 10.0. The molecule has 0 heterocycles. The highest BCUT2D eigenvalue weighted by atomic mass is 79.9. The standard InChI is InChI=1S/C13H10BrFO/c14-12-7-6-10(15)8-11(12)13(16)9-4-2-1-3-5-9/h1-8,13,16H. The number of halogens is 2. The van der Waals surface area contributed by atoms with Crippen molar-refractivity contribution in [1.29, 1.82) is 0 Å². The number of rotatable bonds is 2. The molecule has 2 rings (SSSR count). The highest BCUT2D eigenvalue weighted by Crippen LogP contribution is 2.28. The molecule has 1 nitrogen and oxygen atoms in total. The summed E-state index contributed by atoms with van der Waals surface area (Å²) in [7, 11) is 0. The molecule has 0 amide bonds. The van der Waals surface area contributed by atoms with Gasteiger partial charge in [0.15, 0.2) is 0 Å². The molecule has 0 spiro atoms. The van der Waals surface area contributed by atoms with Crippen LogP contribution in [-0.4, -0.2) is 5.11 Å². The summed E-state index contributed by atoms with van der Waals surface area (Å²) >= 11 is 3.30. The predicted octanol–water partition coefficient (Wildman–Crippen LogP) is 3.67. The molecule has 82 valence electrons. The fraction of sp³-hybridized carbons (Fsp3) is 0.0769. The van der Waals surface area contributed by atoms with Gasteiger partial charge in [-0.3, -0.25) is 0 Å². The Morgan fingerprint density at radius 3 is 2.44 bits per heavy atom. The Labute approximate surface area is 102 Å². The van der Waals surface area contributed by atoms with Gasteiger partial charge in [0, 0.05) is 10.0 Å². The second kappa shape index (κ2) is 4.76. The molecule has 1 N–H and O–H groups in total. The van der Waals surface area contributed by atoms with Crippen molar-refractivity contribution >= 4 is 15.9 Å². The Bertz CT molecular complexity index is 485. The molecule has 0 aromatic heterocycles. The maximum Gasteiger partial charge on any atom is 0.123 e. The molecule has 2 aromatic rings. The van der Waals surface area contributed by atoms with Gasteiger partial charge in [-0.2, -0.15) is 0 Å². The smallest absolute Gasteiger partial charge is 0.123 e. The third-order valence-electron chi connectivity index (χ3n) is 2.37. The first-order valence-corrected chi connectivity index (χ1v) is 5.66. The summed E-state index contributed by atoms with van der Waals surface area (Å²) in [6.45, 7) is 0. The molecule has 2 aromatic carbocycles. The van der Waals surface area contributed by atoms with E-state index in [0.29, 0.717) is 10.0 Å². The van der Waals surface area contributed by atoms with E-state index in [1.165, 1.54) is 12.1 Å². The van der Waals surface area contributed by atoms with Crippen LogP contribution in [0.2, 0.25) is 0 Å². The molecular weight excluding hydrogens is 271 g/mol. The van der Waals surface area contributed by atoms with Gasteiger partial charge in [-0.1, -0.05) is 46.3 Å². The van der Waals surface area contributed by atoms with Crippen LogP contribution >= 0.6 is 15.9 Å². The highest BCUT2D eigenvalue weighted by molar-refractivity contribution is 9.10. The topological polar surface area (TPSA) is 20.2 Å². The molecule has 0 aliphatic heterocycles. The van der Waals surface area contributed by atoms with Crippen LogP contribution in [0.4, 0.5) is 4.39 Å². The van der Waals surface area contributed by atoms with Gasteiger partial charge in [0.1, 0.15) is 11.9 Å². The molecular formula is C13H10BrFO. The first-order chi connectivity index (χ1) is 7.68.